The maximum atomic E-state index is 12.4. The maximum Gasteiger partial charge on any atom is 0.270 e. The number of hydrogen-bond acceptors (Lipinski definition) is 5. The van der Waals surface area contributed by atoms with E-state index < -0.39 is 4.92 Å². The Morgan fingerprint density at radius 1 is 1.25 bits per heavy atom. The molecule has 0 aliphatic heterocycles. The summed E-state index contributed by atoms with van der Waals surface area (Å²) in [6.07, 6.45) is 0. The van der Waals surface area contributed by atoms with Crippen molar-refractivity contribution in [1.82, 2.24) is 10.2 Å². The number of anilines is 2. The number of non-ortho nitro benzene ring substituents is 1. The predicted molar refractivity (Wildman–Crippen MR) is 91.5 cm³/mol. The topological polar surface area (TPSA) is 104 Å². The lowest BCUT2D eigenvalue weighted by atomic mass is 10.1. The smallest absolute Gasteiger partial charge is 0.270 e. The summed E-state index contributed by atoms with van der Waals surface area (Å²) < 4.78 is 0. The Hall–Kier alpha value is -3.42. The van der Waals surface area contributed by atoms with Crippen molar-refractivity contribution < 1.29 is 9.72 Å². The Morgan fingerprint density at radius 3 is 2.75 bits per heavy atom. The van der Waals surface area contributed by atoms with E-state index in [9.17, 15) is 14.9 Å². The molecule has 0 radical (unpaired) electrons. The standard InChI is InChI=1S/C16H15N5O3/c1-20(2)11-5-3-4-10(8-11)16(22)17-15-13-9-12(21(23)24)6-7-14(13)18-19-15/h3-9H,1-2H3,(H2,17,18,19,22). The van der Waals surface area contributed by atoms with Crippen LogP contribution in [0.1, 0.15) is 10.4 Å². The monoisotopic (exact) mass is 325 g/mol. The highest BCUT2D eigenvalue weighted by atomic mass is 16.6. The summed E-state index contributed by atoms with van der Waals surface area (Å²) >= 11 is 0. The molecule has 0 unspecified atom stereocenters. The van der Waals surface area contributed by atoms with Gasteiger partial charge in [-0.15, -0.1) is 0 Å². The number of aromatic amines is 1. The van der Waals surface area contributed by atoms with Crippen LogP contribution in [-0.4, -0.2) is 35.1 Å². The van der Waals surface area contributed by atoms with E-state index in [2.05, 4.69) is 15.5 Å². The molecule has 2 aromatic carbocycles. The van der Waals surface area contributed by atoms with Crippen LogP contribution in [0.4, 0.5) is 17.2 Å². The van der Waals surface area contributed by atoms with Gasteiger partial charge in [0.25, 0.3) is 11.6 Å². The zero-order valence-corrected chi connectivity index (χ0v) is 13.1. The molecule has 0 bridgehead atoms. The molecular formula is C16H15N5O3. The Labute approximate surface area is 137 Å². The van der Waals surface area contributed by atoms with Crippen molar-refractivity contribution >= 4 is 34.0 Å². The fourth-order valence-corrected chi connectivity index (χ4v) is 2.32. The van der Waals surface area contributed by atoms with Gasteiger partial charge in [-0.1, -0.05) is 6.07 Å². The molecule has 2 N–H and O–H groups in total. The highest BCUT2D eigenvalue weighted by Crippen LogP contribution is 2.25. The number of H-pyrrole nitrogens is 1. The molecule has 3 aromatic rings. The lowest BCUT2D eigenvalue weighted by Gasteiger charge is -2.13. The number of hydrogen-bond donors (Lipinski definition) is 2. The average Bonchev–Trinajstić information content (AvgIpc) is 2.97. The minimum Gasteiger partial charge on any atom is -0.378 e. The fourth-order valence-electron chi connectivity index (χ4n) is 2.32. The highest BCUT2D eigenvalue weighted by Gasteiger charge is 2.15. The molecular weight excluding hydrogens is 310 g/mol. The molecule has 0 saturated carbocycles. The first-order valence-electron chi connectivity index (χ1n) is 7.17. The molecule has 1 heterocycles. The Morgan fingerprint density at radius 2 is 2.04 bits per heavy atom. The van der Waals surface area contributed by atoms with Crippen molar-refractivity contribution in [2.24, 2.45) is 0 Å². The third-order valence-corrected chi connectivity index (χ3v) is 3.61. The number of nitro groups is 1. The van der Waals surface area contributed by atoms with Gasteiger partial charge in [-0.05, 0) is 24.3 Å². The quantitative estimate of drug-likeness (QED) is 0.567. The Balaban J connectivity index is 1.92. The molecule has 0 fully saturated rings. The van der Waals surface area contributed by atoms with Crippen LogP contribution in [0.2, 0.25) is 0 Å². The van der Waals surface area contributed by atoms with Crippen molar-refractivity contribution in [1.29, 1.82) is 0 Å². The van der Waals surface area contributed by atoms with Crippen LogP contribution in [-0.2, 0) is 0 Å². The van der Waals surface area contributed by atoms with Crippen molar-refractivity contribution in [3.05, 3.63) is 58.1 Å². The third kappa shape index (κ3) is 2.89. The van der Waals surface area contributed by atoms with Gasteiger partial charge in [-0.2, -0.15) is 5.10 Å². The number of carbonyl (C=O) groups excluding carboxylic acids is 1. The SMILES string of the molecule is CN(C)c1cccc(C(=O)Nc2n[nH]c3ccc([N+](=O)[O-])cc23)c1. The first-order chi connectivity index (χ1) is 11.5. The number of benzene rings is 2. The van der Waals surface area contributed by atoms with Crippen LogP contribution in [0.5, 0.6) is 0 Å². The van der Waals surface area contributed by atoms with E-state index in [1.54, 1.807) is 24.3 Å². The van der Waals surface area contributed by atoms with E-state index in [0.29, 0.717) is 16.5 Å². The number of amides is 1. The van der Waals surface area contributed by atoms with Gasteiger partial charge in [-0.25, -0.2) is 0 Å². The van der Waals surface area contributed by atoms with Gasteiger partial charge in [0.1, 0.15) is 0 Å². The third-order valence-electron chi connectivity index (χ3n) is 3.61. The molecule has 122 valence electrons. The van der Waals surface area contributed by atoms with E-state index in [1.807, 2.05) is 25.1 Å². The van der Waals surface area contributed by atoms with Gasteiger partial charge in [-0.3, -0.25) is 20.0 Å². The summed E-state index contributed by atoms with van der Waals surface area (Å²) in [5.74, 6) is -0.0763. The molecule has 0 saturated heterocycles. The van der Waals surface area contributed by atoms with Gasteiger partial charge >= 0.3 is 0 Å². The molecule has 8 heteroatoms. The molecule has 0 spiro atoms. The van der Waals surface area contributed by atoms with E-state index in [-0.39, 0.29) is 17.4 Å². The van der Waals surface area contributed by atoms with Crippen LogP contribution in [0.25, 0.3) is 10.9 Å². The van der Waals surface area contributed by atoms with Crippen molar-refractivity contribution in [2.75, 3.05) is 24.3 Å². The highest BCUT2D eigenvalue weighted by molar-refractivity contribution is 6.08. The van der Waals surface area contributed by atoms with Crippen LogP contribution < -0.4 is 10.2 Å². The van der Waals surface area contributed by atoms with Crippen LogP contribution in [0.15, 0.2) is 42.5 Å². The summed E-state index contributed by atoms with van der Waals surface area (Å²) in [6.45, 7) is 0. The molecule has 24 heavy (non-hydrogen) atoms. The fraction of sp³-hybridized carbons (Fsp3) is 0.125. The summed E-state index contributed by atoms with van der Waals surface area (Å²) in [4.78, 5) is 24.7. The van der Waals surface area contributed by atoms with Crippen LogP contribution >= 0.6 is 0 Å². The molecule has 1 amide bonds. The molecule has 0 aliphatic carbocycles. The minimum atomic E-state index is -0.488. The molecule has 3 rings (SSSR count). The number of nitrogens with one attached hydrogen (secondary N) is 2. The summed E-state index contributed by atoms with van der Waals surface area (Å²) in [6, 6.07) is 11.5. The molecule has 0 aliphatic rings. The Kier molecular flexibility index (Phi) is 3.87. The Bertz CT molecular complexity index is 932. The largest absolute Gasteiger partial charge is 0.378 e. The van der Waals surface area contributed by atoms with Crippen LogP contribution in [0, 0.1) is 10.1 Å². The minimum absolute atomic E-state index is 0.0611. The van der Waals surface area contributed by atoms with Crippen LogP contribution in [0.3, 0.4) is 0 Å². The summed E-state index contributed by atoms with van der Waals surface area (Å²) in [7, 11) is 3.77. The zero-order chi connectivity index (χ0) is 17.3. The second-order valence-corrected chi connectivity index (χ2v) is 5.46. The normalized spacial score (nSPS) is 10.6. The van der Waals surface area contributed by atoms with E-state index in [1.165, 1.54) is 12.1 Å². The van der Waals surface area contributed by atoms with Gasteiger partial charge in [0, 0.05) is 37.5 Å². The van der Waals surface area contributed by atoms with Gasteiger partial charge in [0.2, 0.25) is 0 Å². The number of carbonyl (C=O) groups is 1. The molecule has 1 aromatic heterocycles. The summed E-state index contributed by atoms with van der Waals surface area (Å²) in [5.41, 5.74) is 1.92. The van der Waals surface area contributed by atoms with Gasteiger partial charge in [0.15, 0.2) is 5.82 Å². The molecule has 8 nitrogen and oxygen atoms in total. The average molecular weight is 325 g/mol. The first-order valence-corrected chi connectivity index (χ1v) is 7.17. The lowest BCUT2D eigenvalue weighted by Crippen LogP contribution is -2.14. The zero-order valence-electron chi connectivity index (χ0n) is 13.1. The van der Waals surface area contributed by atoms with Crippen molar-refractivity contribution in [3.63, 3.8) is 0 Å². The van der Waals surface area contributed by atoms with Crippen molar-refractivity contribution in [3.8, 4) is 0 Å². The van der Waals surface area contributed by atoms with E-state index >= 15 is 0 Å². The number of nitrogens with zero attached hydrogens (tertiary/aromatic N) is 3. The number of rotatable bonds is 4. The second-order valence-electron chi connectivity index (χ2n) is 5.46. The predicted octanol–water partition coefficient (Wildman–Crippen LogP) is 2.79. The second kappa shape index (κ2) is 5.99. The number of nitro benzene ring substituents is 1. The van der Waals surface area contributed by atoms with Crippen molar-refractivity contribution in [2.45, 2.75) is 0 Å². The lowest BCUT2D eigenvalue weighted by molar-refractivity contribution is -0.384. The van der Waals surface area contributed by atoms with Gasteiger partial charge < -0.3 is 10.2 Å². The maximum absolute atomic E-state index is 12.4. The van der Waals surface area contributed by atoms with E-state index in [4.69, 9.17) is 0 Å². The summed E-state index contributed by atoms with van der Waals surface area (Å²) in [5, 5.41) is 20.9. The number of aromatic nitrogens is 2. The van der Waals surface area contributed by atoms with Gasteiger partial charge in [0.05, 0.1) is 15.8 Å². The van der Waals surface area contributed by atoms with E-state index in [0.717, 1.165) is 5.69 Å². The first kappa shape index (κ1) is 15.5. The number of fused-ring (bicyclic) bond motifs is 1. The molecule has 0 atom stereocenters.